The van der Waals surface area contributed by atoms with E-state index >= 15 is 0 Å². The van der Waals surface area contributed by atoms with E-state index in [9.17, 15) is 13.2 Å². The number of nitrogen functional groups attached to an aromatic ring is 1. The van der Waals surface area contributed by atoms with Crippen LogP contribution in [0.1, 0.15) is 25.0 Å². The third-order valence-corrected chi connectivity index (χ3v) is 2.01. The van der Waals surface area contributed by atoms with Crippen LogP contribution in [0.25, 0.3) is 0 Å². The highest BCUT2D eigenvalue weighted by Crippen LogP contribution is 2.34. The fourth-order valence-electron chi connectivity index (χ4n) is 1.20. The Balaban J connectivity index is 2.90. The fraction of sp³-hybridized carbons (Fsp3) is 0.455. The molecule has 5 heteroatoms. The van der Waals surface area contributed by atoms with Crippen molar-refractivity contribution in [3.63, 3.8) is 0 Å². The summed E-state index contributed by atoms with van der Waals surface area (Å²) in [5, 5.41) is 0. The summed E-state index contributed by atoms with van der Waals surface area (Å²) in [6.45, 7) is 3.80. The van der Waals surface area contributed by atoms with Crippen molar-refractivity contribution in [1.82, 2.24) is 0 Å². The van der Waals surface area contributed by atoms with Gasteiger partial charge in [0.1, 0.15) is 0 Å². The van der Waals surface area contributed by atoms with Crippen molar-refractivity contribution >= 4 is 5.69 Å². The van der Waals surface area contributed by atoms with Crippen molar-refractivity contribution in [3.8, 4) is 0 Å². The number of nitrogens with two attached hydrogens (primary N) is 1. The van der Waals surface area contributed by atoms with E-state index in [1.807, 2.05) is 13.8 Å². The summed E-state index contributed by atoms with van der Waals surface area (Å²) in [5.41, 5.74) is 4.67. The van der Waals surface area contributed by atoms with Gasteiger partial charge in [-0.05, 0) is 31.5 Å². The first-order valence-electron chi connectivity index (χ1n) is 4.88. The van der Waals surface area contributed by atoms with Crippen molar-refractivity contribution in [1.29, 1.82) is 0 Å². The molecule has 0 aliphatic rings. The Morgan fingerprint density at radius 2 is 1.94 bits per heavy atom. The number of halogens is 3. The topological polar surface area (TPSA) is 35.2 Å². The van der Waals surface area contributed by atoms with E-state index in [2.05, 4.69) is 0 Å². The summed E-state index contributed by atoms with van der Waals surface area (Å²) >= 11 is 0. The lowest BCUT2D eigenvalue weighted by molar-refractivity contribution is -0.137. The van der Waals surface area contributed by atoms with Crippen LogP contribution >= 0.6 is 0 Å². The van der Waals surface area contributed by atoms with E-state index in [-0.39, 0.29) is 18.4 Å². The third kappa shape index (κ3) is 3.41. The van der Waals surface area contributed by atoms with Crippen molar-refractivity contribution in [2.45, 2.75) is 32.7 Å². The van der Waals surface area contributed by atoms with Gasteiger partial charge < -0.3 is 10.5 Å². The molecule has 1 aromatic carbocycles. The molecule has 0 fully saturated rings. The first-order valence-corrected chi connectivity index (χ1v) is 4.88. The average molecular weight is 233 g/mol. The van der Waals surface area contributed by atoms with Gasteiger partial charge in [-0.2, -0.15) is 13.2 Å². The van der Waals surface area contributed by atoms with Crippen LogP contribution < -0.4 is 5.73 Å². The van der Waals surface area contributed by atoms with E-state index in [1.54, 1.807) is 0 Å². The van der Waals surface area contributed by atoms with Crippen molar-refractivity contribution < 1.29 is 17.9 Å². The molecule has 1 rings (SSSR count). The van der Waals surface area contributed by atoms with Crippen molar-refractivity contribution in [3.05, 3.63) is 29.3 Å². The van der Waals surface area contributed by atoms with Gasteiger partial charge in [-0.1, -0.05) is 6.07 Å². The van der Waals surface area contributed by atoms with Gasteiger partial charge in [0, 0.05) is 5.69 Å². The number of rotatable bonds is 3. The first kappa shape index (κ1) is 12.8. The second-order valence-corrected chi connectivity index (χ2v) is 3.78. The van der Waals surface area contributed by atoms with Gasteiger partial charge in [0.05, 0.1) is 18.3 Å². The van der Waals surface area contributed by atoms with E-state index in [0.717, 1.165) is 6.07 Å². The third-order valence-electron chi connectivity index (χ3n) is 2.01. The van der Waals surface area contributed by atoms with E-state index in [1.165, 1.54) is 12.1 Å². The smallest absolute Gasteiger partial charge is 0.398 e. The molecule has 0 radical (unpaired) electrons. The highest BCUT2D eigenvalue weighted by atomic mass is 19.4. The van der Waals surface area contributed by atoms with Gasteiger partial charge in [-0.3, -0.25) is 0 Å². The zero-order valence-corrected chi connectivity index (χ0v) is 9.14. The Morgan fingerprint density at radius 1 is 1.31 bits per heavy atom. The summed E-state index contributed by atoms with van der Waals surface area (Å²) in [4.78, 5) is 0. The number of hydrogen-bond donors (Lipinski definition) is 1. The molecular weight excluding hydrogens is 219 g/mol. The maximum absolute atomic E-state index is 12.5. The van der Waals surface area contributed by atoms with Gasteiger partial charge in [-0.25, -0.2) is 0 Å². The van der Waals surface area contributed by atoms with Crippen LogP contribution in [0.5, 0.6) is 0 Å². The van der Waals surface area contributed by atoms with E-state index < -0.39 is 11.7 Å². The minimum Gasteiger partial charge on any atom is -0.398 e. The van der Waals surface area contributed by atoms with Crippen molar-refractivity contribution in [2.24, 2.45) is 0 Å². The fourth-order valence-corrected chi connectivity index (χ4v) is 1.20. The van der Waals surface area contributed by atoms with E-state index in [4.69, 9.17) is 10.5 Å². The van der Waals surface area contributed by atoms with E-state index in [0.29, 0.717) is 5.56 Å². The highest BCUT2D eigenvalue weighted by Gasteiger charge is 2.33. The molecule has 0 aliphatic carbocycles. The number of hydrogen-bond acceptors (Lipinski definition) is 2. The zero-order valence-electron chi connectivity index (χ0n) is 9.14. The molecule has 0 aromatic heterocycles. The van der Waals surface area contributed by atoms with Gasteiger partial charge >= 0.3 is 6.18 Å². The minimum absolute atomic E-state index is 0.0214. The van der Waals surface area contributed by atoms with Crippen LogP contribution in [0.2, 0.25) is 0 Å². The lowest BCUT2D eigenvalue weighted by Gasteiger charge is -2.13. The second kappa shape index (κ2) is 4.74. The summed E-state index contributed by atoms with van der Waals surface area (Å²) in [5.74, 6) is 0. The molecule has 16 heavy (non-hydrogen) atoms. The molecule has 0 aliphatic heterocycles. The van der Waals surface area contributed by atoms with Crippen LogP contribution in [0, 0.1) is 0 Å². The summed E-state index contributed by atoms with van der Waals surface area (Å²) < 4.78 is 42.7. The Kier molecular flexibility index (Phi) is 3.80. The first-order chi connectivity index (χ1) is 7.30. The van der Waals surface area contributed by atoms with Gasteiger partial charge in [-0.15, -0.1) is 0 Å². The maximum Gasteiger partial charge on any atom is 0.418 e. The SMILES string of the molecule is CC(C)OCc1ccc(N)c(C(F)(F)F)c1. The lowest BCUT2D eigenvalue weighted by Crippen LogP contribution is -2.10. The number of benzene rings is 1. The quantitative estimate of drug-likeness (QED) is 0.813. The molecular formula is C11H14F3NO. The van der Waals surface area contributed by atoms with Crippen LogP contribution in [0.15, 0.2) is 18.2 Å². The molecule has 0 heterocycles. The number of ether oxygens (including phenoxy) is 1. The standard InChI is InChI=1S/C11H14F3NO/c1-7(2)16-6-8-3-4-10(15)9(5-8)11(12,13)14/h3-5,7H,6,15H2,1-2H3. The Labute approximate surface area is 92.2 Å². The van der Waals surface area contributed by atoms with Crippen LogP contribution in [0.4, 0.5) is 18.9 Å². The minimum atomic E-state index is -4.42. The molecule has 0 unspecified atom stereocenters. The Bertz CT molecular complexity index is 361. The maximum atomic E-state index is 12.5. The average Bonchev–Trinajstić information content (AvgIpc) is 2.14. The molecule has 90 valence electrons. The molecule has 0 atom stereocenters. The summed E-state index contributed by atoms with van der Waals surface area (Å²) in [7, 11) is 0. The zero-order chi connectivity index (χ0) is 12.3. The van der Waals surface area contributed by atoms with Crippen LogP contribution in [-0.4, -0.2) is 6.10 Å². The molecule has 2 N–H and O–H groups in total. The van der Waals surface area contributed by atoms with Gasteiger partial charge in [0.2, 0.25) is 0 Å². The number of alkyl halides is 3. The molecule has 1 aromatic rings. The van der Waals surface area contributed by atoms with Crippen molar-refractivity contribution in [2.75, 3.05) is 5.73 Å². The largest absolute Gasteiger partial charge is 0.418 e. The normalized spacial score (nSPS) is 12.1. The number of anilines is 1. The predicted octanol–water partition coefficient (Wildman–Crippen LogP) is 3.21. The predicted molar refractivity (Wildman–Crippen MR) is 55.8 cm³/mol. The highest BCUT2D eigenvalue weighted by molar-refractivity contribution is 5.50. The summed E-state index contributed by atoms with van der Waals surface area (Å²) in [6, 6.07) is 3.81. The molecule has 0 bridgehead atoms. The molecule has 2 nitrogen and oxygen atoms in total. The monoisotopic (exact) mass is 233 g/mol. The Hall–Kier alpha value is -1.23. The Morgan fingerprint density at radius 3 is 2.44 bits per heavy atom. The summed E-state index contributed by atoms with van der Waals surface area (Å²) in [6.07, 6.45) is -4.44. The molecule has 0 saturated heterocycles. The van der Waals surface area contributed by atoms with Crippen LogP contribution in [-0.2, 0) is 17.5 Å². The van der Waals surface area contributed by atoms with Gasteiger partial charge in [0.15, 0.2) is 0 Å². The molecule has 0 amide bonds. The molecule has 0 saturated carbocycles. The second-order valence-electron chi connectivity index (χ2n) is 3.78. The lowest BCUT2D eigenvalue weighted by atomic mass is 10.1. The molecule has 0 spiro atoms. The van der Waals surface area contributed by atoms with Crippen LogP contribution in [0.3, 0.4) is 0 Å². The van der Waals surface area contributed by atoms with Gasteiger partial charge in [0.25, 0.3) is 0 Å².